The van der Waals surface area contributed by atoms with Crippen LogP contribution in [-0.4, -0.2) is 29.3 Å². The quantitative estimate of drug-likeness (QED) is 0.839. The van der Waals surface area contributed by atoms with Gasteiger partial charge in [-0.2, -0.15) is 0 Å². The number of rotatable bonds is 3. The van der Waals surface area contributed by atoms with Gasteiger partial charge < -0.3 is 14.9 Å². The zero-order valence-corrected chi connectivity index (χ0v) is 10.7. The molecule has 0 aromatic heterocycles. The normalized spacial score (nSPS) is 10.1. The minimum Gasteiger partial charge on any atom is -0.507 e. The summed E-state index contributed by atoms with van der Waals surface area (Å²) in [5, 5.41) is 18.5. The van der Waals surface area contributed by atoms with E-state index in [1.54, 1.807) is 30.3 Å². The average molecular weight is 272 g/mol. The number of carboxylic acids is 1. The smallest absolute Gasteiger partial charge is 0.339 e. The first-order chi connectivity index (χ1) is 9.52. The fourth-order valence-electron chi connectivity index (χ4n) is 1.81. The molecule has 0 unspecified atom stereocenters. The third-order valence-electron chi connectivity index (χ3n) is 2.87. The first kappa shape index (κ1) is 13.6. The zero-order chi connectivity index (χ0) is 14.7. The first-order valence-corrected chi connectivity index (χ1v) is 5.78. The molecule has 2 aromatic carbocycles. The second-order valence-corrected chi connectivity index (χ2v) is 4.11. The Labute approximate surface area is 115 Å². The van der Waals surface area contributed by atoms with Gasteiger partial charge in [-0.1, -0.05) is 18.2 Å². The predicted molar refractivity (Wildman–Crippen MR) is 71.8 cm³/mol. The summed E-state index contributed by atoms with van der Waals surface area (Å²) in [5.41, 5.74) is 1.68. The number of carbonyl (C=O) groups is 2. The maximum absolute atomic E-state index is 11.3. The number of phenols is 1. The van der Waals surface area contributed by atoms with Gasteiger partial charge in [0, 0.05) is 0 Å². The molecule has 0 radical (unpaired) electrons. The molecule has 0 amide bonds. The molecular weight excluding hydrogens is 260 g/mol. The lowest BCUT2D eigenvalue weighted by Crippen LogP contribution is -2.00. The molecule has 0 spiro atoms. The molecule has 0 aliphatic carbocycles. The van der Waals surface area contributed by atoms with Crippen LogP contribution >= 0.6 is 0 Å². The zero-order valence-electron chi connectivity index (χ0n) is 10.7. The third kappa shape index (κ3) is 2.61. The minimum absolute atomic E-state index is 0.153. The highest BCUT2D eigenvalue weighted by atomic mass is 16.5. The highest BCUT2D eigenvalue weighted by molar-refractivity contribution is 5.92. The van der Waals surface area contributed by atoms with Crippen LogP contribution in [0.3, 0.4) is 0 Å². The highest BCUT2D eigenvalue weighted by Crippen LogP contribution is 2.26. The summed E-state index contributed by atoms with van der Waals surface area (Å²) in [4.78, 5) is 22.1. The van der Waals surface area contributed by atoms with Crippen molar-refractivity contribution in [2.45, 2.75) is 0 Å². The SMILES string of the molecule is COC(=O)c1ccc(-c2ccc(C(=O)O)c(O)c2)cc1. The van der Waals surface area contributed by atoms with Gasteiger partial charge in [0.25, 0.3) is 0 Å². The monoisotopic (exact) mass is 272 g/mol. The summed E-state index contributed by atoms with van der Waals surface area (Å²) in [5.74, 6) is -1.91. The van der Waals surface area contributed by atoms with Gasteiger partial charge >= 0.3 is 11.9 Å². The number of carboxylic acid groups (broad SMARTS) is 1. The fourth-order valence-corrected chi connectivity index (χ4v) is 1.81. The van der Waals surface area contributed by atoms with Crippen molar-refractivity contribution in [1.29, 1.82) is 0 Å². The maximum atomic E-state index is 11.3. The van der Waals surface area contributed by atoms with Gasteiger partial charge in [-0.3, -0.25) is 0 Å². The molecule has 0 heterocycles. The van der Waals surface area contributed by atoms with Crippen molar-refractivity contribution in [3.8, 4) is 16.9 Å². The second-order valence-electron chi connectivity index (χ2n) is 4.11. The molecule has 102 valence electrons. The Morgan fingerprint density at radius 3 is 2.10 bits per heavy atom. The van der Waals surface area contributed by atoms with E-state index in [0.717, 1.165) is 5.56 Å². The summed E-state index contributed by atoms with van der Waals surface area (Å²) in [6.45, 7) is 0. The van der Waals surface area contributed by atoms with Crippen molar-refractivity contribution in [2.75, 3.05) is 7.11 Å². The number of carbonyl (C=O) groups excluding carboxylic acids is 1. The standard InChI is InChI=1S/C15H12O5/c1-20-15(19)10-4-2-9(3-5-10)11-6-7-12(14(17)18)13(16)8-11/h2-8,16H,1H3,(H,17,18). The van der Waals surface area contributed by atoms with Crippen LogP contribution in [0.1, 0.15) is 20.7 Å². The number of hydrogen-bond acceptors (Lipinski definition) is 4. The molecular formula is C15H12O5. The lowest BCUT2D eigenvalue weighted by atomic mass is 10.0. The Bertz CT molecular complexity index is 658. The number of methoxy groups -OCH3 is 1. The Hall–Kier alpha value is -2.82. The van der Waals surface area contributed by atoms with E-state index in [2.05, 4.69) is 4.74 Å². The second kappa shape index (κ2) is 5.44. The van der Waals surface area contributed by atoms with Gasteiger partial charge in [-0.15, -0.1) is 0 Å². The van der Waals surface area contributed by atoms with Crippen molar-refractivity contribution >= 4 is 11.9 Å². The molecule has 0 bridgehead atoms. The number of benzene rings is 2. The summed E-state index contributed by atoms with van der Waals surface area (Å²) >= 11 is 0. The summed E-state index contributed by atoms with van der Waals surface area (Å²) in [6, 6.07) is 10.9. The van der Waals surface area contributed by atoms with Gasteiger partial charge in [0.1, 0.15) is 11.3 Å². The van der Waals surface area contributed by atoms with Crippen molar-refractivity contribution in [1.82, 2.24) is 0 Å². The van der Waals surface area contributed by atoms with E-state index in [1.165, 1.54) is 19.2 Å². The Balaban J connectivity index is 2.35. The van der Waals surface area contributed by atoms with Crippen LogP contribution in [0.5, 0.6) is 5.75 Å². The largest absolute Gasteiger partial charge is 0.507 e. The molecule has 0 saturated heterocycles. The summed E-state index contributed by atoms with van der Waals surface area (Å²) in [7, 11) is 1.30. The van der Waals surface area contributed by atoms with Crippen LogP contribution in [0.2, 0.25) is 0 Å². The first-order valence-electron chi connectivity index (χ1n) is 5.78. The number of esters is 1. The fraction of sp³-hybridized carbons (Fsp3) is 0.0667. The van der Waals surface area contributed by atoms with Crippen molar-refractivity contribution in [3.05, 3.63) is 53.6 Å². The van der Waals surface area contributed by atoms with Crippen LogP contribution < -0.4 is 0 Å². The van der Waals surface area contributed by atoms with Crippen molar-refractivity contribution < 1.29 is 24.5 Å². The molecule has 2 rings (SSSR count). The van der Waals surface area contributed by atoms with Crippen LogP contribution in [0.15, 0.2) is 42.5 Å². The number of ether oxygens (including phenoxy) is 1. The summed E-state index contributed by atoms with van der Waals surface area (Å²) < 4.78 is 4.60. The molecule has 2 aromatic rings. The number of hydrogen-bond donors (Lipinski definition) is 2. The Morgan fingerprint density at radius 2 is 1.60 bits per heavy atom. The van der Waals surface area contributed by atoms with Gasteiger partial charge in [0.15, 0.2) is 0 Å². The van der Waals surface area contributed by atoms with E-state index < -0.39 is 11.9 Å². The minimum atomic E-state index is -1.19. The van der Waals surface area contributed by atoms with E-state index in [1.807, 2.05) is 0 Å². The number of aromatic hydroxyl groups is 1. The topological polar surface area (TPSA) is 83.8 Å². The molecule has 2 N–H and O–H groups in total. The molecule has 5 nitrogen and oxygen atoms in total. The molecule has 0 aliphatic rings. The Kier molecular flexibility index (Phi) is 3.70. The van der Waals surface area contributed by atoms with E-state index in [-0.39, 0.29) is 11.3 Å². The Morgan fingerprint density at radius 1 is 1.00 bits per heavy atom. The molecule has 0 fully saturated rings. The average Bonchev–Trinajstić information content (AvgIpc) is 2.46. The van der Waals surface area contributed by atoms with E-state index in [0.29, 0.717) is 11.1 Å². The van der Waals surface area contributed by atoms with Crippen molar-refractivity contribution in [3.63, 3.8) is 0 Å². The van der Waals surface area contributed by atoms with Gasteiger partial charge in [0.05, 0.1) is 12.7 Å². The number of aromatic carboxylic acids is 1. The third-order valence-corrected chi connectivity index (χ3v) is 2.87. The molecule has 5 heteroatoms. The summed E-state index contributed by atoms with van der Waals surface area (Å²) in [6.07, 6.45) is 0. The van der Waals surface area contributed by atoms with Gasteiger partial charge in [-0.05, 0) is 35.4 Å². The maximum Gasteiger partial charge on any atom is 0.339 e. The molecule has 0 aliphatic heterocycles. The molecule has 0 atom stereocenters. The molecule has 0 saturated carbocycles. The van der Waals surface area contributed by atoms with E-state index >= 15 is 0 Å². The van der Waals surface area contributed by atoms with Crippen LogP contribution in [0, 0.1) is 0 Å². The lowest BCUT2D eigenvalue weighted by Gasteiger charge is -2.06. The van der Waals surface area contributed by atoms with Crippen molar-refractivity contribution in [2.24, 2.45) is 0 Å². The highest BCUT2D eigenvalue weighted by Gasteiger charge is 2.11. The van der Waals surface area contributed by atoms with Gasteiger partial charge in [-0.25, -0.2) is 9.59 Å². The lowest BCUT2D eigenvalue weighted by molar-refractivity contribution is 0.0599. The van der Waals surface area contributed by atoms with Crippen LogP contribution in [0.4, 0.5) is 0 Å². The van der Waals surface area contributed by atoms with Gasteiger partial charge in [0.2, 0.25) is 0 Å². The predicted octanol–water partition coefficient (Wildman–Crippen LogP) is 2.54. The van der Waals surface area contributed by atoms with Crippen LogP contribution in [-0.2, 0) is 4.74 Å². The van der Waals surface area contributed by atoms with E-state index in [4.69, 9.17) is 5.11 Å². The molecule has 20 heavy (non-hydrogen) atoms. The van der Waals surface area contributed by atoms with E-state index in [9.17, 15) is 14.7 Å². The van der Waals surface area contributed by atoms with Crippen LogP contribution in [0.25, 0.3) is 11.1 Å².